The summed E-state index contributed by atoms with van der Waals surface area (Å²) in [5.74, 6) is -0.684. The molecule has 3 aromatic rings. The molecule has 0 aliphatic carbocycles. The Morgan fingerprint density at radius 2 is 1.39 bits per heavy atom. The van der Waals surface area contributed by atoms with Gasteiger partial charge in [0.15, 0.2) is 0 Å². The Hall–Kier alpha value is -3.60. The molecule has 5 nitrogen and oxygen atoms in total. The van der Waals surface area contributed by atoms with Crippen LogP contribution in [0, 0.1) is 0 Å². The first kappa shape index (κ1) is 20.7. The van der Waals surface area contributed by atoms with Gasteiger partial charge in [0.05, 0.1) is 12.0 Å². The van der Waals surface area contributed by atoms with Gasteiger partial charge in [-0.25, -0.2) is 9.80 Å². The van der Waals surface area contributed by atoms with Crippen LogP contribution >= 0.6 is 0 Å². The number of anilines is 1. The first-order valence-electron chi connectivity index (χ1n) is 10.5. The fourth-order valence-electron chi connectivity index (χ4n) is 3.95. The van der Waals surface area contributed by atoms with E-state index in [9.17, 15) is 9.59 Å². The Morgan fingerprint density at radius 3 is 1.94 bits per heavy atom. The number of carbonyl (C=O) groups is 2. The van der Waals surface area contributed by atoms with Crippen LogP contribution in [-0.4, -0.2) is 16.9 Å². The number of nitrogens with one attached hydrogen (secondary N) is 2. The van der Waals surface area contributed by atoms with Crippen molar-refractivity contribution in [3.8, 4) is 0 Å². The SMILES string of the molecule is CC(C)(C)c1ccc(NC(=O)N2NC(=O)C(c3ccccc3)C2c2ccccc2)cc1. The molecule has 2 unspecified atom stereocenters. The van der Waals surface area contributed by atoms with E-state index in [2.05, 4.69) is 31.5 Å². The summed E-state index contributed by atoms with van der Waals surface area (Å²) in [6.45, 7) is 6.44. The maximum absolute atomic E-state index is 13.2. The van der Waals surface area contributed by atoms with E-state index < -0.39 is 12.0 Å². The van der Waals surface area contributed by atoms with Crippen molar-refractivity contribution in [3.63, 3.8) is 0 Å². The number of hydrogen-bond donors (Lipinski definition) is 2. The predicted molar refractivity (Wildman–Crippen MR) is 123 cm³/mol. The van der Waals surface area contributed by atoms with Crippen LogP contribution in [0.5, 0.6) is 0 Å². The van der Waals surface area contributed by atoms with E-state index in [1.54, 1.807) is 0 Å². The summed E-state index contributed by atoms with van der Waals surface area (Å²) in [7, 11) is 0. The van der Waals surface area contributed by atoms with Crippen LogP contribution in [0.25, 0.3) is 0 Å². The van der Waals surface area contributed by atoms with Gasteiger partial charge in [0.1, 0.15) is 0 Å². The molecule has 2 N–H and O–H groups in total. The van der Waals surface area contributed by atoms with E-state index >= 15 is 0 Å². The van der Waals surface area contributed by atoms with Gasteiger partial charge in [-0.1, -0.05) is 93.6 Å². The maximum Gasteiger partial charge on any atom is 0.341 e. The summed E-state index contributed by atoms with van der Waals surface area (Å²) in [5, 5.41) is 4.34. The van der Waals surface area contributed by atoms with Gasteiger partial charge in [-0.05, 0) is 34.2 Å². The lowest BCUT2D eigenvalue weighted by molar-refractivity contribution is -0.121. The second-order valence-electron chi connectivity index (χ2n) is 8.85. The summed E-state index contributed by atoms with van der Waals surface area (Å²) in [6.07, 6.45) is 0. The lowest BCUT2D eigenvalue weighted by Gasteiger charge is -2.27. The Kier molecular flexibility index (Phi) is 5.51. The average Bonchev–Trinajstić information content (AvgIpc) is 3.12. The quantitative estimate of drug-likeness (QED) is 0.605. The van der Waals surface area contributed by atoms with Crippen LogP contribution in [0.1, 0.15) is 49.4 Å². The zero-order valence-corrected chi connectivity index (χ0v) is 18.0. The fourth-order valence-corrected chi connectivity index (χ4v) is 3.95. The van der Waals surface area contributed by atoms with Crippen molar-refractivity contribution in [1.82, 2.24) is 10.4 Å². The molecule has 1 heterocycles. The van der Waals surface area contributed by atoms with Crippen molar-refractivity contribution in [3.05, 3.63) is 102 Å². The summed E-state index contributed by atoms with van der Waals surface area (Å²) >= 11 is 0. The lowest BCUT2D eigenvalue weighted by atomic mass is 9.87. The largest absolute Gasteiger partial charge is 0.341 e. The van der Waals surface area contributed by atoms with Crippen LogP contribution in [0.15, 0.2) is 84.9 Å². The molecule has 0 aromatic heterocycles. The third kappa shape index (κ3) is 4.31. The van der Waals surface area contributed by atoms with E-state index in [0.29, 0.717) is 5.69 Å². The fraction of sp³-hybridized carbons (Fsp3) is 0.231. The van der Waals surface area contributed by atoms with Crippen LogP contribution in [0.3, 0.4) is 0 Å². The van der Waals surface area contributed by atoms with E-state index in [4.69, 9.17) is 0 Å². The molecule has 158 valence electrons. The lowest BCUT2D eigenvalue weighted by Crippen LogP contribution is -2.42. The average molecular weight is 414 g/mol. The first-order valence-corrected chi connectivity index (χ1v) is 10.5. The molecular weight excluding hydrogens is 386 g/mol. The van der Waals surface area contributed by atoms with Gasteiger partial charge in [-0.2, -0.15) is 0 Å². The number of benzene rings is 3. The zero-order chi connectivity index (χ0) is 22.0. The molecule has 1 saturated heterocycles. The number of urea groups is 1. The number of rotatable bonds is 3. The highest BCUT2D eigenvalue weighted by molar-refractivity contribution is 5.96. The van der Waals surface area contributed by atoms with Crippen molar-refractivity contribution < 1.29 is 9.59 Å². The van der Waals surface area contributed by atoms with Crippen molar-refractivity contribution in [2.75, 3.05) is 5.32 Å². The third-order valence-corrected chi connectivity index (χ3v) is 5.63. The Labute approximate surface area is 183 Å². The number of hydrazine groups is 1. The minimum Gasteiger partial charge on any atom is -0.306 e. The van der Waals surface area contributed by atoms with Crippen molar-refractivity contribution in [2.45, 2.75) is 38.1 Å². The van der Waals surface area contributed by atoms with Crippen LogP contribution < -0.4 is 10.7 Å². The highest BCUT2D eigenvalue weighted by atomic mass is 16.2. The van der Waals surface area contributed by atoms with Gasteiger partial charge in [0, 0.05) is 5.69 Å². The smallest absolute Gasteiger partial charge is 0.306 e. The molecule has 0 spiro atoms. The van der Waals surface area contributed by atoms with Crippen LogP contribution in [-0.2, 0) is 10.2 Å². The van der Waals surface area contributed by atoms with E-state index in [0.717, 1.165) is 11.1 Å². The van der Waals surface area contributed by atoms with E-state index in [-0.39, 0.29) is 17.4 Å². The zero-order valence-electron chi connectivity index (χ0n) is 18.0. The minimum atomic E-state index is -0.488. The third-order valence-electron chi connectivity index (χ3n) is 5.63. The topological polar surface area (TPSA) is 61.4 Å². The van der Waals surface area contributed by atoms with E-state index in [1.165, 1.54) is 10.6 Å². The molecule has 1 fully saturated rings. The molecule has 1 aliphatic heterocycles. The Bertz CT molecular complexity index is 1060. The minimum absolute atomic E-state index is 0.0345. The van der Waals surface area contributed by atoms with Gasteiger partial charge in [-0.3, -0.25) is 10.2 Å². The van der Waals surface area contributed by atoms with Gasteiger partial charge < -0.3 is 5.32 Å². The molecule has 3 aromatic carbocycles. The number of amides is 3. The molecule has 3 amide bonds. The summed E-state index contributed by atoms with van der Waals surface area (Å²) in [5.41, 5.74) is 6.46. The van der Waals surface area contributed by atoms with Crippen molar-refractivity contribution >= 4 is 17.6 Å². The Balaban J connectivity index is 1.63. The van der Waals surface area contributed by atoms with Gasteiger partial charge >= 0.3 is 6.03 Å². The molecule has 5 heteroatoms. The van der Waals surface area contributed by atoms with Crippen LogP contribution in [0.4, 0.5) is 10.5 Å². The van der Waals surface area contributed by atoms with Crippen LogP contribution in [0.2, 0.25) is 0 Å². The number of carbonyl (C=O) groups excluding carboxylic acids is 2. The van der Waals surface area contributed by atoms with Gasteiger partial charge in [0.2, 0.25) is 5.91 Å². The molecule has 31 heavy (non-hydrogen) atoms. The highest BCUT2D eigenvalue weighted by Crippen LogP contribution is 2.40. The highest BCUT2D eigenvalue weighted by Gasteiger charge is 2.45. The van der Waals surface area contributed by atoms with E-state index in [1.807, 2.05) is 84.9 Å². The summed E-state index contributed by atoms with van der Waals surface area (Å²) in [6, 6.07) is 26.2. The molecule has 2 atom stereocenters. The molecule has 4 rings (SSSR count). The maximum atomic E-state index is 13.2. The number of hydrogen-bond acceptors (Lipinski definition) is 2. The molecule has 1 aliphatic rings. The summed E-state index contributed by atoms with van der Waals surface area (Å²) < 4.78 is 0. The number of nitrogens with zero attached hydrogens (tertiary/aromatic N) is 1. The monoisotopic (exact) mass is 413 g/mol. The standard InChI is InChI=1S/C26H27N3O2/c1-26(2,3)20-14-16-21(17-15-20)27-25(31)29-23(19-12-8-5-9-13-19)22(24(30)28-29)18-10-6-4-7-11-18/h4-17,22-23H,1-3H3,(H,27,31)(H,28,30). The summed E-state index contributed by atoms with van der Waals surface area (Å²) in [4.78, 5) is 26.2. The predicted octanol–water partition coefficient (Wildman–Crippen LogP) is 5.39. The normalized spacial score (nSPS) is 18.5. The molecule has 0 radical (unpaired) electrons. The van der Waals surface area contributed by atoms with Gasteiger partial charge in [-0.15, -0.1) is 0 Å². The Morgan fingerprint density at radius 1 is 0.839 bits per heavy atom. The molecule has 0 bridgehead atoms. The van der Waals surface area contributed by atoms with Gasteiger partial charge in [0.25, 0.3) is 0 Å². The van der Waals surface area contributed by atoms with Crippen molar-refractivity contribution in [2.24, 2.45) is 0 Å². The van der Waals surface area contributed by atoms with Crippen molar-refractivity contribution in [1.29, 1.82) is 0 Å². The molecular formula is C26H27N3O2. The molecule has 0 saturated carbocycles. The second kappa shape index (κ2) is 8.26. The first-order chi connectivity index (χ1) is 14.8. The second-order valence-corrected chi connectivity index (χ2v) is 8.85.